The zero-order valence-electron chi connectivity index (χ0n) is 14.5. The summed E-state index contributed by atoms with van der Waals surface area (Å²) in [6.07, 6.45) is 5.21. The number of hydrogen-bond donors (Lipinski definition) is 2. The molecule has 0 spiro atoms. The van der Waals surface area contributed by atoms with Crippen LogP contribution in [0.3, 0.4) is 0 Å². The molecule has 1 fully saturated rings. The summed E-state index contributed by atoms with van der Waals surface area (Å²) >= 11 is 0. The average molecular weight is 337 g/mol. The number of aromatic amines is 1. The SMILES string of the molecule is CCc1nc(C2(NCc3cc(-c4ccccc4)n[nH]3)CCCC2)no1. The van der Waals surface area contributed by atoms with Gasteiger partial charge in [0.2, 0.25) is 5.89 Å². The van der Waals surface area contributed by atoms with Crippen LogP contribution in [0, 0.1) is 0 Å². The van der Waals surface area contributed by atoms with Crippen molar-refractivity contribution in [3.8, 4) is 11.3 Å². The first-order valence-corrected chi connectivity index (χ1v) is 8.97. The van der Waals surface area contributed by atoms with Gasteiger partial charge in [-0.15, -0.1) is 0 Å². The predicted octanol–water partition coefficient (Wildman–Crippen LogP) is 3.58. The summed E-state index contributed by atoms with van der Waals surface area (Å²) in [4.78, 5) is 4.58. The number of aromatic nitrogens is 4. The second-order valence-corrected chi connectivity index (χ2v) is 6.65. The number of benzene rings is 1. The second kappa shape index (κ2) is 6.80. The minimum atomic E-state index is -0.186. The third kappa shape index (κ3) is 3.22. The predicted molar refractivity (Wildman–Crippen MR) is 94.7 cm³/mol. The van der Waals surface area contributed by atoms with Crippen molar-refractivity contribution < 1.29 is 4.52 Å². The van der Waals surface area contributed by atoms with Gasteiger partial charge in [-0.2, -0.15) is 10.1 Å². The van der Waals surface area contributed by atoms with Gasteiger partial charge in [0, 0.05) is 24.2 Å². The van der Waals surface area contributed by atoms with Crippen molar-refractivity contribution >= 4 is 0 Å². The van der Waals surface area contributed by atoms with Gasteiger partial charge >= 0.3 is 0 Å². The first-order chi connectivity index (χ1) is 12.3. The Morgan fingerprint density at radius 1 is 1.20 bits per heavy atom. The van der Waals surface area contributed by atoms with Crippen molar-refractivity contribution in [1.82, 2.24) is 25.7 Å². The van der Waals surface area contributed by atoms with Crippen molar-refractivity contribution in [3.05, 3.63) is 53.8 Å². The molecule has 2 heterocycles. The van der Waals surface area contributed by atoms with E-state index in [4.69, 9.17) is 4.52 Å². The molecule has 6 heteroatoms. The van der Waals surface area contributed by atoms with Gasteiger partial charge in [-0.25, -0.2) is 0 Å². The lowest BCUT2D eigenvalue weighted by molar-refractivity contribution is 0.295. The Balaban J connectivity index is 1.50. The van der Waals surface area contributed by atoms with Crippen LogP contribution in [-0.4, -0.2) is 20.3 Å². The Morgan fingerprint density at radius 2 is 2.00 bits per heavy atom. The van der Waals surface area contributed by atoms with E-state index >= 15 is 0 Å². The average Bonchev–Trinajstić information content (AvgIpc) is 3.40. The summed E-state index contributed by atoms with van der Waals surface area (Å²) < 4.78 is 5.34. The van der Waals surface area contributed by atoms with Gasteiger partial charge in [0.15, 0.2) is 5.82 Å². The molecule has 0 bridgehead atoms. The topological polar surface area (TPSA) is 79.6 Å². The molecule has 0 unspecified atom stereocenters. The minimum absolute atomic E-state index is 0.186. The fourth-order valence-corrected chi connectivity index (χ4v) is 3.52. The van der Waals surface area contributed by atoms with Crippen LogP contribution in [0.5, 0.6) is 0 Å². The standard InChI is InChI=1S/C19H23N5O/c1-2-17-21-18(24-25-17)19(10-6-7-11-19)20-13-15-12-16(23-22-15)14-8-4-3-5-9-14/h3-5,8-9,12,20H,2,6-7,10-11,13H2,1H3,(H,22,23). The van der Waals surface area contributed by atoms with Crippen LogP contribution in [0.25, 0.3) is 11.3 Å². The number of hydrogen-bond acceptors (Lipinski definition) is 5. The van der Waals surface area contributed by atoms with E-state index in [-0.39, 0.29) is 5.54 Å². The molecular weight excluding hydrogens is 314 g/mol. The molecular formula is C19H23N5O. The molecule has 1 aliphatic carbocycles. The highest BCUT2D eigenvalue weighted by Gasteiger charge is 2.39. The monoisotopic (exact) mass is 337 g/mol. The maximum Gasteiger partial charge on any atom is 0.226 e. The van der Waals surface area contributed by atoms with Crippen LogP contribution in [-0.2, 0) is 18.5 Å². The van der Waals surface area contributed by atoms with Crippen LogP contribution >= 0.6 is 0 Å². The van der Waals surface area contributed by atoms with Crippen molar-refractivity contribution in [2.75, 3.05) is 0 Å². The molecule has 1 saturated carbocycles. The second-order valence-electron chi connectivity index (χ2n) is 6.65. The highest BCUT2D eigenvalue weighted by atomic mass is 16.5. The lowest BCUT2D eigenvalue weighted by atomic mass is 9.96. The largest absolute Gasteiger partial charge is 0.339 e. The van der Waals surface area contributed by atoms with Crippen LogP contribution < -0.4 is 5.32 Å². The van der Waals surface area contributed by atoms with Gasteiger partial charge in [-0.3, -0.25) is 10.4 Å². The van der Waals surface area contributed by atoms with Crippen LogP contribution in [0.1, 0.15) is 50.0 Å². The van der Waals surface area contributed by atoms with E-state index in [1.165, 1.54) is 12.8 Å². The zero-order chi connectivity index (χ0) is 17.1. The molecule has 0 aliphatic heterocycles. The van der Waals surface area contributed by atoms with Gasteiger partial charge in [-0.05, 0) is 18.9 Å². The van der Waals surface area contributed by atoms with E-state index in [1.54, 1.807) is 0 Å². The van der Waals surface area contributed by atoms with E-state index in [2.05, 4.69) is 43.9 Å². The Hall–Kier alpha value is -2.47. The normalized spacial score (nSPS) is 16.4. The number of nitrogens with one attached hydrogen (secondary N) is 2. The molecule has 2 N–H and O–H groups in total. The molecule has 3 aromatic rings. The van der Waals surface area contributed by atoms with Crippen LogP contribution in [0.4, 0.5) is 0 Å². The maximum absolute atomic E-state index is 5.34. The summed E-state index contributed by atoms with van der Waals surface area (Å²) in [5.41, 5.74) is 2.95. The molecule has 2 aromatic heterocycles. The molecule has 6 nitrogen and oxygen atoms in total. The molecule has 130 valence electrons. The molecule has 1 aromatic carbocycles. The minimum Gasteiger partial charge on any atom is -0.339 e. The molecule has 25 heavy (non-hydrogen) atoms. The van der Waals surface area contributed by atoms with E-state index in [0.29, 0.717) is 12.4 Å². The summed E-state index contributed by atoms with van der Waals surface area (Å²) in [7, 11) is 0. The van der Waals surface area contributed by atoms with Gasteiger partial charge in [0.25, 0.3) is 0 Å². The Kier molecular flexibility index (Phi) is 4.36. The van der Waals surface area contributed by atoms with Crippen molar-refractivity contribution in [2.45, 2.75) is 51.1 Å². The lowest BCUT2D eigenvalue weighted by Gasteiger charge is -2.26. The first kappa shape index (κ1) is 16.0. The van der Waals surface area contributed by atoms with Crippen molar-refractivity contribution in [3.63, 3.8) is 0 Å². The summed E-state index contributed by atoms with van der Waals surface area (Å²) in [5.74, 6) is 1.50. The van der Waals surface area contributed by atoms with Crippen molar-refractivity contribution in [1.29, 1.82) is 0 Å². The highest BCUT2D eigenvalue weighted by Crippen LogP contribution is 2.37. The quantitative estimate of drug-likeness (QED) is 0.718. The zero-order valence-corrected chi connectivity index (χ0v) is 14.5. The Morgan fingerprint density at radius 3 is 2.72 bits per heavy atom. The van der Waals surface area contributed by atoms with E-state index in [1.807, 2.05) is 25.1 Å². The highest BCUT2D eigenvalue weighted by molar-refractivity contribution is 5.58. The summed E-state index contributed by atoms with van der Waals surface area (Å²) in [6.45, 7) is 2.73. The van der Waals surface area contributed by atoms with Crippen LogP contribution in [0.15, 0.2) is 40.9 Å². The number of H-pyrrole nitrogens is 1. The van der Waals surface area contributed by atoms with E-state index < -0.39 is 0 Å². The maximum atomic E-state index is 5.34. The van der Waals surface area contributed by atoms with Gasteiger partial charge in [0.1, 0.15) is 0 Å². The lowest BCUT2D eigenvalue weighted by Crippen LogP contribution is -2.40. The van der Waals surface area contributed by atoms with Crippen molar-refractivity contribution in [2.24, 2.45) is 0 Å². The molecule has 0 atom stereocenters. The number of nitrogens with zero attached hydrogens (tertiary/aromatic N) is 3. The molecule has 4 rings (SSSR count). The van der Waals surface area contributed by atoms with E-state index in [0.717, 1.165) is 42.0 Å². The van der Waals surface area contributed by atoms with Gasteiger partial charge < -0.3 is 4.52 Å². The Bertz CT molecular complexity index is 817. The summed E-state index contributed by atoms with van der Waals surface area (Å²) in [5, 5.41) is 15.5. The van der Waals surface area contributed by atoms with Gasteiger partial charge in [-0.1, -0.05) is 55.3 Å². The number of rotatable bonds is 6. The van der Waals surface area contributed by atoms with E-state index in [9.17, 15) is 0 Å². The fourth-order valence-electron chi connectivity index (χ4n) is 3.52. The third-order valence-electron chi connectivity index (χ3n) is 4.97. The summed E-state index contributed by atoms with van der Waals surface area (Å²) in [6, 6.07) is 12.3. The number of aryl methyl sites for hydroxylation is 1. The molecule has 1 aliphatic rings. The third-order valence-corrected chi connectivity index (χ3v) is 4.97. The van der Waals surface area contributed by atoms with Gasteiger partial charge in [0.05, 0.1) is 11.2 Å². The molecule has 0 radical (unpaired) electrons. The van der Waals surface area contributed by atoms with Crippen LogP contribution in [0.2, 0.25) is 0 Å². The molecule has 0 amide bonds. The first-order valence-electron chi connectivity index (χ1n) is 8.97. The molecule has 0 saturated heterocycles. The smallest absolute Gasteiger partial charge is 0.226 e. The Labute approximate surface area is 147 Å². The fraction of sp³-hybridized carbons (Fsp3) is 0.421.